The van der Waals surface area contributed by atoms with Crippen LogP contribution in [0, 0.1) is 0 Å². The number of nitrogens with zero attached hydrogens (tertiary/aromatic N) is 5. The molecule has 3 heterocycles. The molecule has 0 saturated carbocycles. The standard InChI is InChI=1S/C18H21N5O5/c1-20-17(25)15(19-21(2)18(20)26)22-7-9-23(10-8-22)16(24)14-11-27-12-5-3-4-6-13(12)28-14/h3-6,14H,7-11H2,1-2H3. The number of amides is 1. The maximum absolute atomic E-state index is 12.8. The number of anilines is 1. The number of aryl methyl sites for hydroxylation is 1. The molecule has 1 fully saturated rings. The smallest absolute Gasteiger partial charge is 0.346 e. The van der Waals surface area contributed by atoms with Gasteiger partial charge < -0.3 is 19.3 Å². The maximum Gasteiger partial charge on any atom is 0.346 e. The fourth-order valence-corrected chi connectivity index (χ4v) is 3.36. The van der Waals surface area contributed by atoms with Crippen molar-refractivity contribution in [3.8, 4) is 11.5 Å². The van der Waals surface area contributed by atoms with E-state index in [1.807, 2.05) is 12.1 Å². The Morgan fingerprint density at radius 1 is 1.07 bits per heavy atom. The molecule has 1 saturated heterocycles. The number of ether oxygens (including phenoxy) is 2. The number of hydrogen-bond donors (Lipinski definition) is 0. The van der Waals surface area contributed by atoms with Gasteiger partial charge in [0.25, 0.3) is 11.5 Å². The largest absolute Gasteiger partial charge is 0.485 e. The van der Waals surface area contributed by atoms with Gasteiger partial charge in [0, 0.05) is 40.3 Å². The lowest BCUT2D eigenvalue weighted by Crippen LogP contribution is -2.55. The molecule has 0 spiro atoms. The van der Waals surface area contributed by atoms with E-state index >= 15 is 0 Å². The summed E-state index contributed by atoms with van der Waals surface area (Å²) >= 11 is 0. The second-order valence-electron chi connectivity index (χ2n) is 6.77. The van der Waals surface area contributed by atoms with Crippen LogP contribution in [0.1, 0.15) is 0 Å². The van der Waals surface area contributed by atoms with Crippen molar-refractivity contribution >= 4 is 11.7 Å². The molecule has 10 nitrogen and oxygen atoms in total. The van der Waals surface area contributed by atoms with Crippen LogP contribution in [-0.2, 0) is 18.9 Å². The lowest BCUT2D eigenvalue weighted by atomic mass is 10.2. The normalized spacial score (nSPS) is 18.9. The Labute approximate surface area is 160 Å². The number of piperazine rings is 1. The van der Waals surface area contributed by atoms with Gasteiger partial charge in [-0.3, -0.25) is 14.2 Å². The minimum absolute atomic E-state index is 0.143. The first-order valence-electron chi connectivity index (χ1n) is 9.02. The van der Waals surface area contributed by atoms with Gasteiger partial charge in [-0.05, 0) is 12.1 Å². The number of aromatic nitrogens is 3. The average molecular weight is 387 g/mol. The van der Waals surface area contributed by atoms with E-state index in [4.69, 9.17) is 9.47 Å². The molecule has 28 heavy (non-hydrogen) atoms. The molecular weight excluding hydrogens is 366 g/mol. The van der Waals surface area contributed by atoms with Crippen LogP contribution in [0.3, 0.4) is 0 Å². The summed E-state index contributed by atoms with van der Waals surface area (Å²) in [6.45, 7) is 1.90. The van der Waals surface area contributed by atoms with Crippen molar-refractivity contribution in [2.24, 2.45) is 14.1 Å². The van der Waals surface area contributed by atoms with Gasteiger partial charge in [-0.25, -0.2) is 9.48 Å². The number of carbonyl (C=O) groups excluding carboxylic acids is 1. The highest BCUT2D eigenvalue weighted by molar-refractivity contribution is 5.82. The molecule has 1 unspecified atom stereocenters. The molecule has 2 aliphatic heterocycles. The van der Waals surface area contributed by atoms with Gasteiger partial charge in [0.2, 0.25) is 11.9 Å². The highest BCUT2D eigenvalue weighted by Gasteiger charge is 2.33. The second kappa shape index (κ2) is 7.02. The van der Waals surface area contributed by atoms with Gasteiger partial charge in [-0.2, -0.15) is 0 Å². The Balaban J connectivity index is 1.43. The molecule has 1 aromatic carbocycles. The van der Waals surface area contributed by atoms with Crippen LogP contribution >= 0.6 is 0 Å². The summed E-state index contributed by atoms with van der Waals surface area (Å²) in [4.78, 5) is 40.4. The van der Waals surface area contributed by atoms with Gasteiger partial charge in [0.15, 0.2) is 11.5 Å². The monoisotopic (exact) mass is 387 g/mol. The zero-order valence-corrected chi connectivity index (χ0v) is 15.7. The number of fused-ring (bicyclic) bond motifs is 1. The first-order chi connectivity index (χ1) is 13.5. The van der Waals surface area contributed by atoms with Crippen LogP contribution in [0.5, 0.6) is 11.5 Å². The van der Waals surface area contributed by atoms with Crippen LogP contribution in [0.2, 0.25) is 0 Å². The fraction of sp³-hybridized carbons (Fsp3) is 0.444. The van der Waals surface area contributed by atoms with Crippen LogP contribution in [-0.4, -0.2) is 64.0 Å². The van der Waals surface area contributed by atoms with Crippen LogP contribution < -0.4 is 25.6 Å². The molecule has 2 aromatic rings. The summed E-state index contributed by atoms with van der Waals surface area (Å²) < 4.78 is 13.6. The van der Waals surface area contributed by atoms with Gasteiger partial charge in [0.1, 0.15) is 6.61 Å². The van der Waals surface area contributed by atoms with Crippen LogP contribution in [0.4, 0.5) is 5.82 Å². The summed E-state index contributed by atoms with van der Waals surface area (Å²) in [5.41, 5.74) is -0.916. The number of hydrogen-bond acceptors (Lipinski definition) is 7. The lowest BCUT2D eigenvalue weighted by Gasteiger charge is -2.37. The molecule has 10 heteroatoms. The zero-order chi connectivity index (χ0) is 19.8. The average Bonchev–Trinajstić information content (AvgIpc) is 2.74. The van der Waals surface area contributed by atoms with E-state index in [2.05, 4.69) is 5.10 Å². The Kier molecular flexibility index (Phi) is 4.54. The predicted octanol–water partition coefficient (Wildman–Crippen LogP) is -1.03. The SMILES string of the molecule is Cn1nc(N2CCN(C(=O)C3COc4ccccc4O3)CC2)c(=O)n(C)c1=O. The fourth-order valence-electron chi connectivity index (χ4n) is 3.36. The van der Waals surface area contributed by atoms with Gasteiger partial charge in [-0.1, -0.05) is 12.1 Å². The van der Waals surface area contributed by atoms with E-state index in [0.717, 1.165) is 9.25 Å². The summed E-state index contributed by atoms with van der Waals surface area (Å²) in [6.07, 6.45) is -0.690. The molecule has 0 bridgehead atoms. The van der Waals surface area contributed by atoms with Crippen molar-refractivity contribution in [3.63, 3.8) is 0 Å². The number of rotatable bonds is 2. The minimum Gasteiger partial charge on any atom is -0.485 e. The molecule has 1 amide bonds. The molecule has 0 aliphatic carbocycles. The maximum atomic E-state index is 12.8. The topological polar surface area (TPSA) is 98.9 Å². The third kappa shape index (κ3) is 3.10. The molecule has 1 atom stereocenters. The number of para-hydroxylation sites is 2. The van der Waals surface area contributed by atoms with Crippen LogP contribution in [0.25, 0.3) is 0 Å². The van der Waals surface area contributed by atoms with Crippen molar-refractivity contribution in [1.29, 1.82) is 0 Å². The zero-order valence-electron chi connectivity index (χ0n) is 15.7. The molecule has 4 rings (SSSR count). The number of benzene rings is 1. The van der Waals surface area contributed by atoms with E-state index in [0.29, 0.717) is 37.7 Å². The van der Waals surface area contributed by atoms with Crippen molar-refractivity contribution in [3.05, 3.63) is 45.1 Å². The molecule has 2 aliphatic rings. The summed E-state index contributed by atoms with van der Waals surface area (Å²) in [7, 11) is 2.93. The van der Waals surface area contributed by atoms with E-state index in [-0.39, 0.29) is 18.3 Å². The minimum atomic E-state index is -0.690. The van der Waals surface area contributed by atoms with Gasteiger partial charge in [-0.15, -0.1) is 5.10 Å². The molecule has 148 valence electrons. The number of carbonyl (C=O) groups is 1. The van der Waals surface area contributed by atoms with Crippen molar-refractivity contribution in [2.75, 3.05) is 37.7 Å². The van der Waals surface area contributed by atoms with E-state index in [9.17, 15) is 14.4 Å². The Morgan fingerprint density at radius 2 is 1.75 bits per heavy atom. The predicted molar refractivity (Wildman–Crippen MR) is 99.9 cm³/mol. The second-order valence-corrected chi connectivity index (χ2v) is 6.77. The first kappa shape index (κ1) is 18.1. The van der Waals surface area contributed by atoms with E-state index < -0.39 is 17.4 Å². The van der Waals surface area contributed by atoms with E-state index in [1.54, 1.807) is 21.9 Å². The quantitative estimate of drug-likeness (QED) is 0.650. The van der Waals surface area contributed by atoms with Crippen molar-refractivity contribution < 1.29 is 14.3 Å². The van der Waals surface area contributed by atoms with E-state index in [1.165, 1.54) is 14.1 Å². The van der Waals surface area contributed by atoms with Crippen molar-refractivity contribution in [1.82, 2.24) is 19.2 Å². The summed E-state index contributed by atoms with van der Waals surface area (Å²) in [5.74, 6) is 1.26. The van der Waals surface area contributed by atoms with Gasteiger partial charge in [0.05, 0.1) is 0 Å². The Bertz CT molecular complexity index is 1020. The molecule has 1 aromatic heterocycles. The summed E-state index contributed by atoms with van der Waals surface area (Å²) in [6, 6.07) is 7.25. The van der Waals surface area contributed by atoms with Gasteiger partial charge >= 0.3 is 5.69 Å². The highest BCUT2D eigenvalue weighted by Crippen LogP contribution is 2.31. The van der Waals surface area contributed by atoms with Crippen molar-refractivity contribution in [2.45, 2.75) is 6.10 Å². The summed E-state index contributed by atoms with van der Waals surface area (Å²) in [5, 5.41) is 4.09. The Hall–Kier alpha value is -3.30. The Morgan fingerprint density at radius 3 is 2.46 bits per heavy atom. The molecule has 0 radical (unpaired) electrons. The third-order valence-electron chi connectivity index (χ3n) is 4.98. The highest BCUT2D eigenvalue weighted by atomic mass is 16.6. The van der Waals surface area contributed by atoms with Crippen LogP contribution in [0.15, 0.2) is 33.9 Å². The lowest BCUT2D eigenvalue weighted by molar-refractivity contribution is -0.141. The first-order valence-corrected chi connectivity index (χ1v) is 9.02. The molecule has 0 N–H and O–H groups in total. The molecular formula is C18H21N5O5. The third-order valence-corrected chi connectivity index (χ3v) is 4.98.